The number of halogens is 1. The van der Waals surface area contributed by atoms with Crippen molar-refractivity contribution in [2.75, 3.05) is 17.9 Å². The van der Waals surface area contributed by atoms with Gasteiger partial charge in [0, 0.05) is 18.6 Å². The molecule has 3 rings (SSSR count). The van der Waals surface area contributed by atoms with Gasteiger partial charge >= 0.3 is 0 Å². The molecule has 190 valence electrons. The van der Waals surface area contributed by atoms with Crippen LogP contribution < -0.4 is 9.62 Å². The van der Waals surface area contributed by atoms with Gasteiger partial charge in [-0.05, 0) is 55.3 Å². The Balaban J connectivity index is 2.02. The van der Waals surface area contributed by atoms with E-state index < -0.39 is 28.5 Å². The topological polar surface area (TPSA) is 86.8 Å². The van der Waals surface area contributed by atoms with Gasteiger partial charge in [0.15, 0.2) is 0 Å². The van der Waals surface area contributed by atoms with Crippen molar-refractivity contribution >= 4 is 39.1 Å². The molecule has 9 heteroatoms. The first-order chi connectivity index (χ1) is 17.2. The monoisotopic (exact) mass is 527 g/mol. The summed E-state index contributed by atoms with van der Waals surface area (Å²) >= 11 is 6.01. The maximum atomic E-state index is 13.8. The van der Waals surface area contributed by atoms with E-state index in [2.05, 4.69) is 5.32 Å². The van der Waals surface area contributed by atoms with Crippen LogP contribution in [0.5, 0.6) is 0 Å². The van der Waals surface area contributed by atoms with Gasteiger partial charge in [0.2, 0.25) is 11.8 Å². The lowest BCUT2D eigenvalue weighted by Gasteiger charge is -2.33. The molecular formula is C27H30ClN3O4S. The Hall–Kier alpha value is -3.36. The van der Waals surface area contributed by atoms with E-state index in [1.165, 1.54) is 24.1 Å². The molecule has 0 spiro atoms. The molecule has 7 nitrogen and oxygen atoms in total. The van der Waals surface area contributed by atoms with Crippen LogP contribution in [-0.2, 0) is 26.2 Å². The molecule has 0 saturated heterocycles. The normalized spacial score (nSPS) is 12.0. The van der Waals surface area contributed by atoms with E-state index in [9.17, 15) is 18.0 Å². The van der Waals surface area contributed by atoms with Crippen LogP contribution in [0.2, 0.25) is 5.02 Å². The summed E-state index contributed by atoms with van der Waals surface area (Å²) in [4.78, 5) is 27.9. The fourth-order valence-corrected chi connectivity index (χ4v) is 5.37. The number of anilines is 1. The molecule has 2 amide bonds. The number of carbonyl (C=O) groups is 2. The van der Waals surface area contributed by atoms with E-state index in [1.807, 2.05) is 6.92 Å². The van der Waals surface area contributed by atoms with E-state index in [1.54, 1.807) is 73.7 Å². The van der Waals surface area contributed by atoms with Crippen molar-refractivity contribution in [3.8, 4) is 0 Å². The number of sulfonamides is 1. The molecule has 0 aliphatic heterocycles. The second-order valence-electron chi connectivity index (χ2n) is 8.35. The third kappa shape index (κ3) is 6.44. The first-order valence-corrected chi connectivity index (χ1v) is 13.4. The predicted octanol–water partition coefficient (Wildman–Crippen LogP) is 4.40. The molecular weight excluding hydrogens is 498 g/mol. The lowest BCUT2D eigenvalue weighted by molar-refractivity contribution is -0.140. The Kier molecular flexibility index (Phi) is 9.12. The maximum Gasteiger partial charge on any atom is 0.264 e. The van der Waals surface area contributed by atoms with Crippen molar-refractivity contribution in [3.63, 3.8) is 0 Å². The number of hydrogen-bond donors (Lipinski definition) is 1. The second kappa shape index (κ2) is 12.1. The highest BCUT2D eigenvalue weighted by Gasteiger charge is 2.33. The number of carbonyl (C=O) groups excluding carboxylic acids is 2. The Bertz CT molecular complexity index is 1280. The lowest BCUT2D eigenvalue weighted by Crippen LogP contribution is -2.51. The van der Waals surface area contributed by atoms with Gasteiger partial charge in [-0.3, -0.25) is 13.9 Å². The number of likely N-dealkylation sites (N-methyl/N-ethyl adjacent to an activating group) is 1. The molecule has 1 N–H and O–H groups in total. The molecule has 0 saturated carbocycles. The Morgan fingerprint density at radius 3 is 2.11 bits per heavy atom. The minimum absolute atomic E-state index is 0.0762. The van der Waals surface area contributed by atoms with Crippen molar-refractivity contribution in [2.45, 2.75) is 37.8 Å². The fraction of sp³-hybridized carbons (Fsp3) is 0.259. The smallest absolute Gasteiger partial charge is 0.264 e. The molecule has 0 heterocycles. The number of benzene rings is 3. The summed E-state index contributed by atoms with van der Waals surface area (Å²) in [6.07, 6.45) is 0.356. The molecule has 0 bridgehead atoms. The summed E-state index contributed by atoms with van der Waals surface area (Å²) in [7, 11) is -2.56. The SMILES string of the molecule is CC[C@H](C(=O)NC)N(Cc1ccc(Cl)cc1)C(=O)CN(c1ccccc1)S(=O)(=O)c1ccc(C)cc1. The molecule has 0 radical (unpaired) electrons. The zero-order chi connectivity index (χ0) is 26.3. The van der Waals surface area contributed by atoms with Gasteiger partial charge in [0.25, 0.3) is 10.0 Å². The molecule has 3 aromatic carbocycles. The summed E-state index contributed by atoms with van der Waals surface area (Å²) in [5, 5.41) is 3.16. The second-order valence-corrected chi connectivity index (χ2v) is 10.6. The molecule has 0 aliphatic carbocycles. The van der Waals surface area contributed by atoms with E-state index in [4.69, 9.17) is 11.6 Å². The van der Waals surface area contributed by atoms with Gasteiger partial charge < -0.3 is 10.2 Å². The number of rotatable bonds is 10. The van der Waals surface area contributed by atoms with Crippen LogP contribution in [0.4, 0.5) is 5.69 Å². The molecule has 3 aromatic rings. The van der Waals surface area contributed by atoms with E-state index in [0.717, 1.165) is 15.4 Å². The van der Waals surface area contributed by atoms with E-state index >= 15 is 0 Å². The third-order valence-electron chi connectivity index (χ3n) is 5.83. The van der Waals surface area contributed by atoms with Gasteiger partial charge in [0.1, 0.15) is 12.6 Å². The minimum atomic E-state index is -4.07. The van der Waals surface area contributed by atoms with Crippen molar-refractivity contribution in [1.82, 2.24) is 10.2 Å². The quantitative estimate of drug-likeness (QED) is 0.423. The number of para-hydroxylation sites is 1. The van der Waals surface area contributed by atoms with E-state index in [-0.39, 0.29) is 17.3 Å². The molecule has 36 heavy (non-hydrogen) atoms. The van der Waals surface area contributed by atoms with Crippen molar-refractivity contribution in [3.05, 3.63) is 95.0 Å². The Morgan fingerprint density at radius 1 is 0.944 bits per heavy atom. The van der Waals surface area contributed by atoms with Crippen LogP contribution in [0.1, 0.15) is 24.5 Å². The Morgan fingerprint density at radius 2 is 1.56 bits per heavy atom. The summed E-state index contributed by atoms with van der Waals surface area (Å²) in [5.74, 6) is -0.826. The fourth-order valence-electron chi connectivity index (χ4n) is 3.83. The summed E-state index contributed by atoms with van der Waals surface area (Å²) in [6, 6.07) is 21.1. The summed E-state index contributed by atoms with van der Waals surface area (Å²) in [5.41, 5.74) is 2.04. The standard InChI is InChI=1S/C27H30ClN3O4S/c1-4-25(27(33)29-3)30(18-21-12-14-22(28)15-13-21)26(32)19-31(23-8-6-5-7-9-23)36(34,35)24-16-10-20(2)11-17-24/h5-17,25H,4,18-19H2,1-3H3,(H,29,33)/t25-/m1/s1. The number of amides is 2. The number of nitrogens with one attached hydrogen (secondary N) is 1. The van der Waals surface area contributed by atoms with Gasteiger partial charge in [-0.2, -0.15) is 0 Å². The highest BCUT2D eigenvalue weighted by molar-refractivity contribution is 7.92. The van der Waals surface area contributed by atoms with Gasteiger partial charge in [0.05, 0.1) is 10.6 Å². The average molecular weight is 528 g/mol. The zero-order valence-electron chi connectivity index (χ0n) is 20.5. The molecule has 0 aliphatic rings. The van der Waals surface area contributed by atoms with Crippen molar-refractivity contribution in [1.29, 1.82) is 0 Å². The molecule has 0 unspecified atom stereocenters. The highest BCUT2D eigenvalue weighted by Crippen LogP contribution is 2.25. The minimum Gasteiger partial charge on any atom is -0.357 e. The van der Waals surface area contributed by atoms with Crippen molar-refractivity contribution in [2.24, 2.45) is 0 Å². The van der Waals surface area contributed by atoms with Crippen LogP contribution in [-0.4, -0.2) is 44.8 Å². The zero-order valence-corrected chi connectivity index (χ0v) is 22.1. The average Bonchev–Trinajstić information content (AvgIpc) is 2.88. The van der Waals surface area contributed by atoms with Crippen LogP contribution in [0.15, 0.2) is 83.8 Å². The van der Waals surface area contributed by atoms with Crippen LogP contribution in [0.25, 0.3) is 0 Å². The first kappa shape index (κ1) is 27.2. The Labute approximate surface area is 217 Å². The summed E-state index contributed by atoms with van der Waals surface area (Å²) < 4.78 is 28.5. The summed E-state index contributed by atoms with van der Waals surface area (Å²) in [6.45, 7) is 3.32. The van der Waals surface area contributed by atoms with Gasteiger partial charge in [-0.1, -0.05) is 66.6 Å². The van der Waals surface area contributed by atoms with Crippen molar-refractivity contribution < 1.29 is 18.0 Å². The van der Waals surface area contributed by atoms with Crippen LogP contribution in [0.3, 0.4) is 0 Å². The largest absolute Gasteiger partial charge is 0.357 e. The molecule has 0 fully saturated rings. The number of hydrogen-bond acceptors (Lipinski definition) is 4. The number of aryl methyl sites for hydroxylation is 1. The maximum absolute atomic E-state index is 13.8. The third-order valence-corrected chi connectivity index (χ3v) is 7.87. The van der Waals surface area contributed by atoms with Crippen LogP contribution >= 0.6 is 11.6 Å². The lowest BCUT2D eigenvalue weighted by atomic mass is 10.1. The number of nitrogens with zero attached hydrogens (tertiary/aromatic N) is 2. The molecule has 0 aromatic heterocycles. The van der Waals surface area contributed by atoms with Gasteiger partial charge in [-0.25, -0.2) is 8.42 Å². The highest BCUT2D eigenvalue weighted by atomic mass is 35.5. The first-order valence-electron chi connectivity index (χ1n) is 11.6. The van der Waals surface area contributed by atoms with Crippen LogP contribution in [0, 0.1) is 6.92 Å². The van der Waals surface area contributed by atoms with Gasteiger partial charge in [-0.15, -0.1) is 0 Å². The van der Waals surface area contributed by atoms with E-state index in [0.29, 0.717) is 17.1 Å². The molecule has 1 atom stereocenters. The predicted molar refractivity (Wildman–Crippen MR) is 142 cm³/mol.